The van der Waals surface area contributed by atoms with Crippen LogP contribution in [0.15, 0.2) is 11.9 Å². The zero-order valence-electron chi connectivity index (χ0n) is 10.5. The SMILES string of the molecule is CC(C)(C)OC(=O)OC1CCC(Br)C=C(F)C1=O. The summed E-state index contributed by atoms with van der Waals surface area (Å²) in [5, 5.41) is 0. The van der Waals surface area contributed by atoms with E-state index in [1.807, 2.05) is 0 Å². The van der Waals surface area contributed by atoms with Gasteiger partial charge in [-0.25, -0.2) is 9.18 Å². The number of ether oxygens (including phenoxy) is 2. The number of hydrogen-bond donors (Lipinski definition) is 0. The molecule has 0 radical (unpaired) electrons. The van der Waals surface area contributed by atoms with Crippen molar-refractivity contribution in [3.05, 3.63) is 11.9 Å². The van der Waals surface area contributed by atoms with Gasteiger partial charge in [0.15, 0.2) is 11.9 Å². The van der Waals surface area contributed by atoms with Crippen LogP contribution < -0.4 is 0 Å². The molecular formula is C12H16BrFO4. The molecule has 0 aromatic carbocycles. The van der Waals surface area contributed by atoms with Gasteiger partial charge in [0, 0.05) is 4.83 Å². The fourth-order valence-electron chi connectivity index (χ4n) is 1.42. The maximum Gasteiger partial charge on any atom is 0.509 e. The molecule has 2 atom stereocenters. The average Bonchev–Trinajstić information content (AvgIpc) is 2.29. The Hall–Kier alpha value is -0.910. The molecule has 4 nitrogen and oxygen atoms in total. The van der Waals surface area contributed by atoms with Gasteiger partial charge >= 0.3 is 6.16 Å². The molecule has 0 bridgehead atoms. The molecule has 0 heterocycles. The second kappa shape index (κ2) is 5.82. The lowest BCUT2D eigenvalue weighted by Gasteiger charge is -2.21. The van der Waals surface area contributed by atoms with Crippen molar-refractivity contribution in [2.75, 3.05) is 0 Å². The van der Waals surface area contributed by atoms with E-state index in [2.05, 4.69) is 15.9 Å². The van der Waals surface area contributed by atoms with Crippen LogP contribution in [0.3, 0.4) is 0 Å². The highest BCUT2D eigenvalue weighted by Crippen LogP contribution is 2.23. The van der Waals surface area contributed by atoms with Gasteiger partial charge in [-0.2, -0.15) is 0 Å². The molecule has 2 unspecified atom stereocenters. The molecule has 1 aliphatic rings. The predicted molar refractivity (Wildman–Crippen MR) is 67.3 cm³/mol. The highest BCUT2D eigenvalue weighted by molar-refractivity contribution is 9.09. The van der Waals surface area contributed by atoms with Crippen molar-refractivity contribution >= 4 is 27.9 Å². The van der Waals surface area contributed by atoms with Crippen LogP contribution in [0.2, 0.25) is 0 Å². The minimum Gasteiger partial charge on any atom is -0.429 e. The summed E-state index contributed by atoms with van der Waals surface area (Å²) in [5.74, 6) is -1.70. The zero-order valence-corrected chi connectivity index (χ0v) is 12.1. The van der Waals surface area contributed by atoms with Crippen molar-refractivity contribution in [3.63, 3.8) is 0 Å². The van der Waals surface area contributed by atoms with E-state index in [-0.39, 0.29) is 11.2 Å². The first kappa shape index (κ1) is 15.1. The van der Waals surface area contributed by atoms with E-state index in [1.54, 1.807) is 20.8 Å². The number of ketones is 1. The summed E-state index contributed by atoms with van der Waals surface area (Å²) in [6.07, 6.45) is -0.119. The summed E-state index contributed by atoms with van der Waals surface area (Å²) in [7, 11) is 0. The molecule has 0 N–H and O–H groups in total. The fourth-order valence-corrected chi connectivity index (χ4v) is 1.92. The van der Waals surface area contributed by atoms with Crippen LogP contribution in [-0.2, 0) is 14.3 Å². The van der Waals surface area contributed by atoms with Gasteiger partial charge in [0.2, 0.25) is 5.78 Å². The lowest BCUT2D eigenvalue weighted by molar-refractivity contribution is -0.127. The van der Waals surface area contributed by atoms with Crippen LogP contribution in [0.1, 0.15) is 33.6 Å². The van der Waals surface area contributed by atoms with Crippen molar-refractivity contribution in [2.24, 2.45) is 0 Å². The summed E-state index contributed by atoms with van der Waals surface area (Å²) in [6.45, 7) is 5.04. The zero-order chi connectivity index (χ0) is 13.9. The maximum absolute atomic E-state index is 13.4. The van der Waals surface area contributed by atoms with Crippen LogP contribution in [0.5, 0.6) is 0 Å². The van der Waals surface area contributed by atoms with Gasteiger partial charge in [-0.3, -0.25) is 4.79 Å². The molecule has 0 aromatic rings. The standard InChI is InChI=1S/C12H16BrFO4/c1-12(2,3)18-11(16)17-9-5-4-7(13)6-8(14)10(9)15/h6-7,9H,4-5H2,1-3H3. The van der Waals surface area contributed by atoms with Crippen molar-refractivity contribution in [2.45, 2.75) is 50.1 Å². The minimum atomic E-state index is -1.11. The fraction of sp³-hybridized carbons (Fsp3) is 0.667. The van der Waals surface area contributed by atoms with E-state index in [9.17, 15) is 14.0 Å². The van der Waals surface area contributed by atoms with E-state index in [0.717, 1.165) is 0 Å². The molecule has 0 saturated heterocycles. The second-order valence-corrected chi connectivity index (χ2v) is 6.22. The van der Waals surface area contributed by atoms with Crippen LogP contribution in [-0.4, -0.2) is 28.5 Å². The topological polar surface area (TPSA) is 52.6 Å². The van der Waals surface area contributed by atoms with Gasteiger partial charge in [-0.1, -0.05) is 15.9 Å². The predicted octanol–water partition coefficient (Wildman–Crippen LogP) is 3.29. The maximum atomic E-state index is 13.4. The van der Waals surface area contributed by atoms with Gasteiger partial charge < -0.3 is 9.47 Å². The number of carbonyl (C=O) groups is 2. The third-order valence-corrected chi connectivity index (χ3v) is 2.91. The Morgan fingerprint density at radius 1 is 1.44 bits per heavy atom. The smallest absolute Gasteiger partial charge is 0.429 e. The lowest BCUT2D eigenvalue weighted by Crippen LogP contribution is -2.31. The Labute approximate surface area is 114 Å². The summed E-state index contributed by atoms with van der Waals surface area (Å²) in [6, 6.07) is 0. The first-order valence-electron chi connectivity index (χ1n) is 5.64. The first-order valence-corrected chi connectivity index (χ1v) is 6.56. The molecule has 0 fully saturated rings. The second-order valence-electron chi connectivity index (χ2n) is 5.04. The number of Topliss-reactive ketones (excluding diaryl/α,β-unsaturated/α-hetero) is 1. The molecule has 102 valence electrons. The highest BCUT2D eigenvalue weighted by atomic mass is 79.9. The quantitative estimate of drug-likeness (QED) is 0.549. The largest absolute Gasteiger partial charge is 0.509 e. The van der Waals surface area contributed by atoms with E-state index < -0.39 is 29.5 Å². The number of alkyl halides is 1. The molecule has 1 aliphatic carbocycles. The van der Waals surface area contributed by atoms with E-state index in [4.69, 9.17) is 9.47 Å². The molecule has 0 spiro atoms. The summed E-state index contributed by atoms with van der Waals surface area (Å²) in [5.41, 5.74) is -0.711. The third-order valence-electron chi connectivity index (χ3n) is 2.19. The number of hydrogen-bond acceptors (Lipinski definition) is 4. The van der Waals surface area contributed by atoms with Crippen LogP contribution in [0.25, 0.3) is 0 Å². The van der Waals surface area contributed by atoms with E-state index in [0.29, 0.717) is 6.42 Å². The summed E-state index contributed by atoms with van der Waals surface area (Å²) in [4.78, 5) is 22.8. The van der Waals surface area contributed by atoms with Crippen LogP contribution in [0.4, 0.5) is 9.18 Å². The monoisotopic (exact) mass is 322 g/mol. The molecule has 18 heavy (non-hydrogen) atoms. The number of carbonyl (C=O) groups excluding carboxylic acids is 2. The molecule has 0 aromatic heterocycles. The normalized spacial score (nSPS) is 25.2. The average molecular weight is 323 g/mol. The molecule has 0 amide bonds. The van der Waals surface area contributed by atoms with E-state index in [1.165, 1.54) is 6.08 Å². The number of allylic oxidation sites excluding steroid dienone is 1. The lowest BCUT2D eigenvalue weighted by atomic mass is 10.1. The Bertz CT molecular complexity index is 373. The Morgan fingerprint density at radius 3 is 2.61 bits per heavy atom. The first-order chi connectivity index (χ1) is 8.19. The van der Waals surface area contributed by atoms with Crippen molar-refractivity contribution in [1.82, 2.24) is 0 Å². The third kappa shape index (κ3) is 4.76. The molecule has 0 aliphatic heterocycles. The van der Waals surface area contributed by atoms with Crippen LogP contribution in [0, 0.1) is 0 Å². The van der Waals surface area contributed by atoms with Gasteiger partial charge in [0.1, 0.15) is 5.60 Å². The van der Waals surface area contributed by atoms with Crippen LogP contribution >= 0.6 is 15.9 Å². The molecule has 6 heteroatoms. The Balaban J connectivity index is 2.65. The highest BCUT2D eigenvalue weighted by Gasteiger charge is 2.31. The summed E-state index contributed by atoms with van der Waals surface area (Å²) >= 11 is 3.21. The van der Waals surface area contributed by atoms with E-state index >= 15 is 0 Å². The number of rotatable bonds is 1. The van der Waals surface area contributed by atoms with Gasteiger partial charge in [0.25, 0.3) is 0 Å². The summed E-state index contributed by atoms with van der Waals surface area (Å²) < 4.78 is 23.2. The van der Waals surface area contributed by atoms with Crippen molar-refractivity contribution in [1.29, 1.82) is 0 Å². The van der Waals surface area contributed by atoms with Gasteiger partial charge in [-0.05, 0) is 39.7 Å². The van der Waals surface area contributed by atoms with Gasteiger partial charge in [0.05, 0.1) is 0 Å². The molecular weight excluding hydrogens is 307 g/mol. The minimum absolute atomic E-state index is 0.228. The van der Waals surface area contributed by atoms with Crippen molar-refractivity contribution in [3.8, 4) is 0 Å². The van der Waals surface area contributed by atoms with Crippen molar-refractivity contribution < 1.29 is 23.5 Å². The number of halogens is 2. The Kier molecular flexibility index (Phi) is 4.90. The Morgan fingerprint density at radius 2 is 2.06 bits per heavy atom. The molecule has 1 rings (SSSR count). The molecule has 0 saturated carbocycles. The van der Waals surface area contributed by atoms with Gasteiger partial charge in [-0.15, -0.1) is 0 Å².